The second kappa shape index (κ2) is 5.65. The second-order valence-corrected chi connectivity index (χ2v) is 4.03. The molecule has 2 N–H and O–H groups in total. The van der Waals surface area contributed by atoms with Crippen LogP contribution in [-0.4, -0.2) is 29.3 Å². The second-order valence-electron chi connectivity index (χ2n) is 4.03. The lowest BCUT2D eigenvalue weighted by Gasteiger charge is -2.10. The van der Waals surface area contributed by atoms with Gasteiger partial charge in [0.25, 0.3) is 5.91 Å². The molecule has 0 aliphatic heterocycles. The SMILES string of the molecule is Cc1noc(C)c1C(=O)NCC(C)CCO. The number of carbonyl (C=O) groups excluding carboxylic acids is 1. The van der Waals surface area contributed by atoms with Crippen molar-refractivity contribution in [3.05, 3.63) is 17.0 Å². The van der Waals surface area contributed by atoms with E-state index in [1.807, 2.05) is 6.92 Å². The van der Waals surface area contributed by atoms with Gasteiger partial charge in [0.05, 0.1) is 5.69 Å². The maximum absolute atomic E-state index is 11.8. The van der Waals surface area contributed by atoms with Crippen molar-refractivity contribution in [1.82, 2.24) is 10.5 Å². The van der Waals surface area contributed by atoms with E-state index in [2.05, 4.69) is 10.5 Å². The number of nitrogens with zero attached hydrogens (tertiary/aromatic N) is 1. The van der Waals surface area contributed by atoms with E-state index in [0.717, 1.165) is 0 Å². The molecule has 0 radical (unpaired) electrons. The summed E-state index contributed by atoms with van der Waals surface area (Å²) in [5.74, 6) is 0.625. The monoisotopic (exact) mass is 226 g/mol. The minimum atomic E-state index is -0.166. The summed E-state index contributed by atoms with van der Waals surface area (Å²) in [6.45, 7) is 6.12. The lowest BCUT2D eigenvalue weighted by Crippen LogP contribution is -2.29. The molecular formula is C11H18N2O3. The quantitative estimate of drug-likeness (QED) is 0.786. The number of rotatable bonds is 5. The summed E-state index contributed by atoms with van der Waals surface area (Å²) in [4.78, 5) is 11.8. The molecule has 1 unspecified atom stereocenters. The maximum Gasteiger partial charge on any atom is 0.256 e. The van der Waals surface area contributed by atoms with E-state index < -0.39 is 0 Å². The van der Waals surface area contributed by atoms with Crippen LogP contribution in [0, 0.1) is 19.8 Å². The number of hydrogen-bond acceptors (Lipinski definition) is 4. The zero-order valence-corrected chi connectivity index (χ0v) is 9.91. The molecule has 1 amide bonds. The molecule has 5 heteroatoms. The smallest absolute Gasteiger partial charge is 0.256 e. The van der Waals surface area contributed by atoms with Crippen molar-refractivity contribution in [2.45, 2.75) is 27.2 Å². The fourth-order valence-corrected chi connectivity index (χ4v) is 1.48. The Morgan fingerprint density at radius 2 is 2.25 bits per heavy atom. The number of nitrogens with one attached hydrogen (secondary N) is 1. The van der Waals surface area contributed by atoms with Crippen LogP contribution in [0.3, 0.4) is 0 Å². The molecule has 90 valence electrons. The Morgan fingerprint density at radius 1 is 1.56 bits per heavy atom. The summed E-state index contributed by atoms with van der Waals surface area (Å²) in [7, 11) is 0. The molecular weight excluding hydrogens is 208 g/mol. The third kappa shape index (κ3) is 3.06. The van der Waals surface area contributed by atoms with Gasteiger partial charge in [0.2, 0.25) is 0 Å². The summed E-state index contributed by atoms with van der Waals surface area (Å²) in [6.07, 6.45) is 0.682. The lowest BCUT2D eigenvalue weighted by molar-refractivity contribution is 0.0943. The molecule has 0 bridgehead atoms. The highest BCUT2D eigenvalue weighted by Crippen LogP contribution is 2.11. The van der Waals surface area contributed by atoms with Crippen LogP contribution in [0.25, 0.3) is 0 Å². The van der Waals surface area contributed by atoms with E-state index in [0.29, 0.717) is 30.0 Å². The van der Waals surface area contributed by atoms with Gasteiger partial charge in [-0.25, -0.2) is 0 Å². The molecule has 1 aromatic heterocycles. The van der Waals surface area contributed by atoms with Crippen LogP contribution in [-0.2, 0) is 0 Å². The van der Waals surface area contributed by atoms with Gasteiger partial charge >= 0.3 is 0 Å². The van der Waals surface area contributed by atoms with Gasteiger partial charge in [-0.15, -0.1) is 0 Å². The van der Waals surface area contributed by atoms with E-state index in [4.69, 9.17) is 9.63 Å². The van der Waals surface area contributed by atoms with E-state index in [-0.39, 0.29) is 18.4 Å². The molecule has 1 rings (SSSR count). The van der Waals surface area contributed by atoms with Crippen molar-refractivity contribution in [2.75, 3.05) is 13.2 Å². The average molecular weight is 226 g/mol. The third-order valence-corrected chi connectivity index (χ3v) is 2.49. The highest BCUT2D eigenvalue weighted by atomic mass is 16.5. The number of amides is 1. The molecule has 0 fully saturated rings. The van der Waals surface area contributed by atoms with Gasteiger partial charge in [-0.05, 0) is 26.2 Å². The van der Waals surface area contributed by atoms with Crippen molar-refractivity contribution in [2.24, 2.45) is 5.92 Å². The molecule has 16 heavy (non-hydrogen) atoms. The van der Waals surface area contributed by atoms with Crippen molar-refractivity contribution in [1.29, 1.82) is 0 Å². The van der Waals surface area contributed by atoms with Crippen LogP contribution in [0.1, 0.15) is 35.2 Å². The predicted molar refractivity (Wildman–Crippen MR) is 59.2 cm³/mol. The Hall–Kier alpha value is -1.36. The van der Waals surface area contributed by atoms with Crippen molar-refractivity contribution in [3.63, 3.8) is 0 Å². The highest BCUT2D eigenvalue weighted by Gasteiger charge is 2.17. The third-order valence-electron chi connectivity index (χ3n) is 2.49. The number of aromatic nitrogens is 1. The predicted octanol–water partition coefficient (Wildman–Crippen LogP) is 1.04. The molecule has 1 heterocycles. The van der Waals surface area contributed by atoms with Crippen LogP contribution < -0.4 is 5.32 Å². The van der Waals surface area contributed by atoms with Gasteiger partial charge in [-0.3, -0.25) is 4.79 Å². The highest BCUT2D eigenvalue weighted by molar-refractivity contribution is 5.96. The molecule has 0 aliphatic rings. The van der Waals surface area contributed by atoms with Crippen LogP contribution in [0.15, 0.2) is 4.52 Å². The number of aliphatic hydroxyl groups excluding tert-OH is 1. The Labute approximate surface area is 94.8 Å². The zero-order chi connectivity index (χ0) is 12.1. The molecule has 1 aromatic rings. The van der Waals surface area contributed by atoms with Gasteiger partial charge in [0, 0.05) is 13.2 Å². The Morgan fingerprint density at radius 3 is 2.75 bits per heavy atom. The van der Waals surface area contributed by atoms with Crippen LogP contribution in [0.4, 0.5) is 0 Å². The van der Waals surface area contributed by atoms with E-state index in [1.165, 1.54) is 0 Å². The van der Waals surface area contributed by atoms with E-state index in [1.54, 1.807) is 13.8 Å². The topological polar surface area (TPSA) is 75.4 Å². The first-order valence-electron chi connectivity index (χ1n) is 5.38. The Bertz CT molecular complexity index is 341. The molecule has 0 spiro atoms. The van der Waals surface area contributed by atoms with Gasteiger partial charge in [0.1, 0.15) is 11.3 Å². The largest absolute Gasteiger partial charge is 0.396 e. The molecule has 0 aliphatic carbocycles. The number of aliphatic hydroxyl groups is 1. The Kier molecular flexibility index (Phi) is 4.49. The molecule has 0 saturated carbocycles. The van der Waals surface area contributed by atoms with Crippen molar-refractivity contribution < 1.29 is 14.4 Å². The van der Waals surface area contributed by atoms with Crippen LogP contribution in [0.2, 0.25) is 0 Å². The first-order chi connectivity index (χ1) is 7.56. The van der Waals surface area contributed by atoms with Gasteiger partial charge in [-0.2, -0.15) is 0 Å². The lowest BCUT2D eigenvalue weighted by atomic mass is 10.1. The zero-order valence-electron chi connectivity index (χ0n) is 9.91. The van der Waals surface area contributed by atoms with Gasteiger partial charge < -0.3 is 14.9 Å². The molecule has 1 atom stereocenters. The average Bonchev–Trinajstić information content (AvgIpc) is 2.56. The first kappa shape index (κ1) is 12.7. The van der Waals surface area contributed by atoms with Gasteiger partial charge in [0.15, 0.2) is 0 Å². The molecule has 5 nitrogen and oxygen atoms in total. The number of aryl methyl sites for hydroxylation is 2. The Balaban J connectivity index is 2.53. The fourth-order valence-electron chi connectivity index (χ4n) is 1.48. The first-order valence-corrected chi connectivity index (χ1v) is 5.38. The number of carbonyl (C=O) groups is 1. The fraction of sp³-hybridized carbons (Fsp3) is 0.636. The summed E-state index contributed by atoms with van der Waals surface area (Å²) in [6, 6.07) is 0. The van der Waals surface area contributed by atoms with Crippen molar-refractivity contribution in [3.8, 4) is 0 Å². The van der Waals surface area contributed by atoms with Crippen LogP contribution >= 0.6 is 0 Å². The van der Waals surface area contributed by atoms with Crippen LogP contribution in [0.5, 0.6) is 0 Å². The maximum atomic E-state index is 11.8. The minimum Gasteiger partial charge on any atom is -0.396 e. The number of hydrogen-bond donors (Lipinski definition) is 2. The van der Waals surface area contributed by atoms with Crippen molar-refractivity contribution >= 4 is 5.91 Å². The summed E-state index contributed by atoms with van der Waals surface area (Å²) < 4.78 is 4.92. The molecule has 0 saturated heterocycles. The normalized spacial score (nSPS) is 12.5. The van der Waals surface area contributed by atoms with Gasteiger partial charge in [-0.1, -0.05) is 12.1 Å². The van der Waals surface area contributed by atoms with E-state index in [9.17, 15) is 4.79 Å². The summed E-state index contributed by atoms with van der Waals surface area (Å²) in [5.41, 5.74) is 1.11. The standard InChI is InChI=1S/C11H18N2O3/c1-7(4-5-14)6-12-11(15)10-8(2)13-16-9(10)3/h7,14H,4-6H2,1-3H3,(H,12,15). The summed E-state index contributed by atoms with van der Waals surface area (Å²) in [5, 5.41) is 15.3. The van der Waals surface area contributed by atoms with E-state index >= 15 is 0 Å². The molecule has 0 aromatic carbocycles. The minimum absolute atomic E-state index is 0.141. The summed E-state index contributed by atoms with van der Waals surface area (Å²) >= 11 is 0.